The Kier molecular flexibility index (Phi) is 7.40. The number of phenols is 1. The maximum atomic E-state index is 13.5. The summed E-state index contributed by atoms with van der Waals surface area (Å²) >= 11 is 0. The largest absolute Gasteiger partial charge is 0.508 e. The summed E-state index contributed by atoms with van der Waals surface area (Å²) in [7, 11) is 0. The first-order valence-corrected chi connectivity index (χ1v) is 12.6. The van der Waals surface area contributed by atoms with Gasteiger partial charge in [-0.1, -0.05) is 36.4 Å². The second kappa shape index (κ2) is 10.9. The summed E-state index contributed by atoms with van der Waals surface area (Å²) in [6, 6.07) is 21.1. The summed E-state index contributed by atoms with van der Waals surface area (Å²) in [6.07, 6.45) is -2.38. The summed E-state index contributed by atoms with van der Waals surface area (Å²) in [5, 5.41) is 19.7. The van der Waals surface area contributed by atoms with Crippen LogP contribution in [0.3, 0.4) is 0 Å². The SMILES string of the molecule is NCc1cccc(-n2nc(C(F)(F)F)cc2C(=O)Nc2cccc(C(NCC3CC3)c3ccc(O)cc3)c2)c1. The highest BCUT2D eigenvalue weighted by Crippen LogP contribution is 2.32. The second-order valence-electron chi connectivity index (χ2n) is 9.65. The van der Waals surface area contributed by atoms with E-state index in [4.69, 9.17) is 5.73 Å². The number of hydrogen-bond acceptors (Lipinski definition) is 5. The Balaban J connectivity index is 1.45. The van der Waals surface area contributed by atoms with E-state index in [-0.39, 0.29) is 24.0 Å². The molecule has 5 N–H and O–H groups in total. The molecule has 1 aliphatic rings. The number of hydrogen-bond donors (Lipinski definition) is 4. The first-order chi connectivity index (χ1) is 18.7. The van der Waals surface area contributed by atoms with Gasteiger partial charge in [-0.15, -0.1) is 0 Å². The third-order valence-electron chi connectivity index (χ3n) is 6.64. The van der Waals surface area contributed by atoms with E-state index in [1.54, 1.807) is 54.6 Å². The monoisotopic (exact) mass is 535 g/mol. The van der Waals surface area contributed by atoms with Crippen LogP contribution in [0.1, 0.15) is 51.8 Å². The number of anilines is 1. The Labute approximate surface area is 223 Å². The van der Waals surface area contributed by atoms with E-state index in [9.17, 15) is 23.1 Å². The minimum Gasteiger partial charge on any atom is -0.508 e. The number of phenolic OH excluding ortho intramolecular Hbond substituents is 1. The average molecular weight is 536 g/mol. The molecule has 0 aliphatic heterocycles. The molecule has 1 amide bonds. The molecule has 7 nitrogen and oxygen atoms in total. The van der Waals surface area contributed by atoms with Crippen molar-refractivity contribution < 1.29 is 23.1 Å². The third kappa shape index (κ3) is 6.30. The molecular weight excluding hydrogens is 507 g/mol. The van der Waals surface area contributed by atoms with Crippen molar-refractivity contribution in [2.75, 3.05) is 11.9 Å². The van der Waals surface area contributed by atoms with E-state index < -0.39 is 17.8 Å². The first-order valence-electron chi connectivity index (χ1n) is 12.6. The van der Waals surface area contributed by atoms with E-state index in [0.717, 1.165) is 28.4 Å². The van der Waals surface area contributed by atoms with Gasteiger partial charge in [-0.05, 0) is 78.4 Å². The zero-order valence-corrected chi connectivity index (χ0v) is 20.9. The molecule has 1 unspecified atom stereocenters. The van der Waals surface area contributed by atoms with Gasteiger partial charge < -0.3 is 21.5 Å². The van der Waals surface area contributed by atoms with E-state index in [2.05, 4.69) is 15.7 Å². The van der Waals surface area contributed by atoms with Crippen LogP contribution in [0.5, 0.6) is 5.75 Å². The third-order valence-corrected chi connectivity index (χ3v) is 6.64. The number of carbonyl (C=O) groups is 1. The topological polar surface area (TPSA) is 105 Å². The zero-order valence-electron chi connectivity index (χ0n) is 20.9. The van der Waals surface area contributed by atoms with Gasteiger partial charge >= 0.3 is 6.18 Å². The molecule has 4 aromatic rings. The lowest BCUT2D eigenvalue weighted by Crippen LogP contribution is -2.25. The fraction of sp³-hybridized carbons (Fsp3) is 0.241. The molecule has 0 radical (unpaired) electrons. The Bertz CT molecular complexity index is 1460. The lowest BCUT2D eigenvalue weighted by Gasteiger charge is -2.21. The highest BCUT2D eigenvalue weighted by atomic mass is 19.4. The molecule has 5 rings (SSSR count). The van der Waals surface area contributed by atoms with Gasteiger partial charge in [0.1, 0.15) is 11.4 Å². The van der Waals surface area contributed by atoms with Crippen LogP contribution in [-0.4, -0.2) is 27.3 Å². The van der Waals surface area contributed by atoms with Crippen LogP contribution in [0.2, 0.25) is 0 Å². The van der Waals surface area contributed by atoms with Gasteiger partial charge in [-0.2, -0.15) is 18.3 Å². The maximum absolute atomic E-state index is 13.5. The molecule has 1 aliphatic carbocycles. The quantitative estimate of drug-likeness (QED) is 0.230. The van der Waals surface area contributed by atoms with E-state index in [1.807, 2.05) is 18.2 Å². The fourth-order valence-corrected chi connectivity index (χ4v) is 4.39. The van der Waals surface area contributed by atoms with Gasteiger partial charge in [0.05, 0.1) is 11.7 Å². The fourth-order valence-electron chi connectivity index (χ4n) is 4.39. The van der Waals surface area contributed by atoms with Crippen LogP contribution in [0.15, 0.2) is 78.9 Å². The second-order valence-corrected chi connectivity index (χ2v) is 9.65. The van der Waals surface area contributed by atoms with Crippen LogP contribution in [-0.2, 0) is 12.7 Å². The number of nitrogens with zero attached hydrogens (tertiary/aromatic N) is 2. The molecule has 1 heterocycles. The lowest BCUT2D eigenvalue weighted by atomic mass is 9.97. The summed E-state index contributed by atoms with van der Waals surface area (Å²) in [5.41, 5.74) is 7.47. The molecule has 1 aromatic heterocycles. The minimum absolute atomic E-state index is 0.160. The van der Waals surface area contributed by atoms with Gasteiger partial charge in [0.15, 0.2) is 5.69 Å². The van der Waals surface area contributed by atoms with E-state index in [0.29, 0.717) is 22.9 Å². The Hall–Kier alpha value is -4.15. The zero-order chi connectivity index (χ0) is 27.6. The van der Waals surface area contributed by atoms with Crippen LogP contribution < -0.4 is 16.4 Å². The first kappa shape index (κ1) is 26.5. The van der Waals surface area contributed by atoms with Crippen molar-refractivity contribution in [3.05, 3.63) is 107 Å². The number of aromatic nitrogens is 2. The van der Waals surface area contributed by atoms with Crippen LogP contribution in [0, 0.1) is 5.92 Å². The summed E-state index contributed by atoms with van der Waals surface area (Å²) in [4.78, 5) is 13.3. The number of benzene rings is 3. The van der Waals surface area contributed by atoms with Gasteiger partial charge in [-0.25, -0.2) is 4.68 Å². The molecular formula is C29H28F3N5O2. The molecule has 0 bridgehead atoms. The van der Waals surface area contributed by atoms with Gasteiger partial charge in [0.25, 0.3) is 5.91 Å². The molecule has 202 valence electrons. The number of aromatic hydroxyl groups is 1. The number of halogens is 3. The van der Waals surface area contributed by atoms with Crippen molar-refractivity contribution in [3.63, 3.8) is 0 Å². The predicted molar refractivity (Wildman–Crippen MR) is 142 cm³/mol. The van der Waals surface area contributed by atoms with Crippen LogP contribution >= 0.6 is 0 Å². The number of alkyl halides is 3. The predicted octanol–water partition coefficient (Wildman–Crippen LogP) is 5.40. The number of carbonyl (C=O) groups excluding carboxylic acids is 1. The van der Waals surface area contributed by atoms with Crippen molar-refractivity contribution in [2.45, 2.75) is 31.6 Å². The molecule has 10 heteroatoms. The van der Waals surface area contributed by atoms with E-state index >= 15 is 0 Å². The molecule has 39 heavy (non-hydrogen) atoms. The van der Waals surface area contributed by atoms with Gasteiger partial charge in [0, 0.05) is 18.3 Å². The lowest BCUT2D eigenvalue weighted by molar-refractivity contribution is -0.141. The smallest absolute Gasteiger partial charge is 0.435 e. The Morgan fingerprint density at radius 1 is 1.03 bits per heavy atom. The van der Waals surface area contributed by atoms with Gasteiger partial charge in [-0.3, -0.25) is 4.79 Å². The highest BCUT2D eigenvalue weighted by Gasteiger charge is 2.36. The van der Waals surface area contributed by atoms with Crippen LogP contribution in [0.25, 0.3) is 5.69 Å². The molecule has 1 atom stereocenters. The van der Waals surface area contributed by atoms with Crippen molar-refractivity contribution in [2.24, 2.45) is 11.7 Å². The maximum Gasteiger partial charge on any atom is 0.435 e. The van der Waals surface area contributed by atoms with Crippen LogP contribution in [0.4, 0.5) is 18.9 Å². The number of nitrogens with two attached hydrogens (primary N) is 1. The van der Waals surface area contributed by atoms with Gasteiger partial charge in [0.2, 0.25) is 0 Å². The molecule has 3 aromatic carbocycles. The number of nitrogens with one attached hydrogen (secondary N) is 2. The van der Waals surface area contributed by atoms with Crippen molar-refractivity contribution in [1.29, 1.82) is 0 Å². The Morgan fingerprint density at radius 3 is 2.46 bits per heavy atom. The molecule has 1 saturated carbocycles. The molecule has 1 fully saturated rings. The normalized spacial score (nSPS) is 14.3. The molecule has 0 spiro atoms. The average Bonchev–Trinajstić information content (AvgIpc) is 3.63. The highest BCUT2D eigenvalue weighted by molar-refractivity contribution is 6.03. The van der Waals surface area contributed by atoms with Crippen molar-refractivity contribution >= 4 is 11.6 Å². The van der Waals surface area contributed by atoms with Crippen molar-refractivity contribution in [3.8, 4) is 11.4 Å². The summed E-state index contributed by atoms with van der Waals surface area (Å²) in [6.45, 7) is 1.01. The van der Waals surface area contributed by atoms with Crippen molar-refractivity contribution in [1.82, 2.24) is 15.1 Å². The van der Waals surface area contributed by atoms with E-state index in [1.165, 1.54) is 12.8 Å². The minimum atomic E-state index is -4.73. The number of amides is 1. The summed E-state index contributed by atoms with van der Waals surface area (Å²) in [5.74, 6) is 0.0429. The standard InChI is InChI=1S/C29H28F3N5O2/c30-29(31,32)26-15-25(37(36-26)23-6-1-3-19(13-23)16-33)28(39)35-22-5-2-4-21(14-22)27(34-17-18-7-8-18)20-9-11-24(38)12-10-20/h1-6,9-15,18,27,34,38H,7-8,16-17,33H2,(H,35,39). The summed E-state index contributed by atoms with van der Waals surface area (Å²) < 4.78 is 41.6. The Morgan fingerprint density at radius 2 is 1.77 bits per heavy atom. The molecule has 0 saturated heterocycles. The number of rotatable bonds is 9.